The Kier molecular flexibility index (Phi) is 2.57. The molecule has 0 saturated heterocycles. The number of aliphatic hydroxyl groups excluding tert-OH is 1. The van der Waals surface area contributed by atoms with Crippen molar-refractivity contribution in [2.75, 3.05) is 0 Å². The predicted molar refractivity (Wildman–Crippen MR) is 87.0 cm³/mol. The summed E-state index contributed by atoms with van der Waals surface area (Å²) in [6.45, 7) is 12.5. The molecule has 4 aliphatic rings. The molecule has 4 saturated carbocycles. The summed E-state index contributed by atoms with van der Waals surface area (Å²) in [6, 6.07) is 0. The van der Waals surface area contributed by atoms with Crippen molar-refractivity contribution in [3.05, 3.63) is 0 Å². The van der Waals surface area contributed by atoms with Crippen molar-refractivity contribution in [3.8, 4) is 0 Å². The lowest BCUT2D eigenvalue weighted by Crippen LogP contribution is -2.62. The second kappa shape index (κ2) is 3.71. The van der Waals surface area contributed by atoms with E-state index in [-0.39, 0.29) is 16.9 Å². The van der Waals surface area contributed by atoms with E-state index < -0.39 is 0 Å². The Bertz CT molecular complexity index is 482. The standard InChI is InChI=1S/C20H34O/c1-16(2)8-6-9-18(4)14(16)7-10-19(5)15(21)17(3)11-12-20(18,19)13-17/h14-15,21H,6-13H2,1-5H3. The molecule has 120 valence electrons. The summed E-state index contributed by atoms with van der Waals surface area (Å²) < 4.78 is 0. The summed E-state index contributed by atoms with van der Waals surface area (Å²) in [5, 5.41) is 11.2. The Morgan fingerprint density at radius 2 is 1.52 bits per heavy atom. The second-order valence-corrected chi connectivity index (χ2v) is 10.6. The normalized spacial score (nSPS) is 61.4. The van der Waals surface area contributed by atoms with E-state index in [1.807, 2.05) is 0 Å². The first-order valence-electron chi connectivity index (χ1n) is 9.30. The number of hydrogen-bond donors (Lipinski definition) is 1. The average molecular weight is 290 g/mol. The first-order valence-corrected chi connectivity index (χ1v) is 9.30. The van der Waals surface area contributed by atoms with Crippen LogP contribution in [-0.4, -0.2) is 11.2 Å². The second-order valence-electron chi connectivity index (χ2n) is 10.6. The minimum atomic E-state index is -0.0680. The largest absolute Gasteiger partial charge is 0.392 e. The summed E-state index contributed by atoms with van der Waals surface area (Å²) in [7, 11) is 0. The van der Waals surface area contributed by atoms with Crippen LogP contribution >= 0.6 is 0 Å². The third kappa shape index (κ3) is 1.35. The van der Waals surface area contributed by atoms with Gasteiger partial charge >= 0.3 is 0 Å². The van der Waals surface area contributed by atoms with Crippen LogP contribution in [0.15, 0.2) is 0 Å². The smallest absolute Gasteiger partial charge is 0.0653 e. The van der Waals surface area contributed by atoms with E-state index in [1.54, 1.807) is 0 Å². The van der Waals surface area contributed by atoms with Crippen molar-refractivity contribution in [1.82, 2.24) is 0 Å². The highest BCUT2D eigenvalue weighted by atomic mass is 16.3. The molecule has 6 atom stereocenters. The highest BCUT2D eigenvalue weighted by Gasteiger charge is 2.77. The van der Waals surface area contributed by atoms with Gasteiger partial charge in [0, 0.05) is 5.41 Å². The van der Waals surface area contributed by atoms with Crippen molar-refractivity contribution in [2.45, 2.75) is 92.1 Å². The Hall–Kier alpha value is -0.0400. The van der Waals surface area contributed by atoms with Gasteiger partial charge in [0.2, 0.25) is 0 Å². The lowest BCUT2D eigenvalue weighted by atomic mass is 9.37. The van der Waals surface area contributed by atoms with Gasteiger partial charge in [-0.1, -0.05) is 41.0 Å². The molecule has 0 aliphatic heterocycles. The lowest BCUT2D eigenvalue weighted by Gasteiger charge is -2.68. The molecule has 4 aliphatic carbocycles. The fourth-order valence-electron chi connectivity index (χ4n) is 8.48. The van der Waals surface area contributed by atoms with Gasteiger partial charge in [0.15, 0.2) is 0 Å². The van der Waals surface area contributed by atoms with Crippen LogP contribution in [0.25, 0.3) is 0 Å². The molecule has 0 radical (unpaired) electrons. The minimum absolute atomic E-state index is 0.0680. The number of hydrogen-bond acceptors (Lipinski definition) is 1. The van der Waals surface area contributed by atoms with Gasteiger partial charge in [0.05, 0.1) is 6.10 Å². The molecular formula is C20H34O. The summed E-state index contributed by atoms with van der Waals surface area (Å²) in [4.78, 5) is 0. The third-order valence-electron chi connectivity index (χ3n) is 9.46. The Morgan fingerprint density at radius 3 is 2.24 bits per heavy atom. The van der Waals surface area contributed by atoms with Crippen LogP contribution in [-0.2, 0) is 0 Å². The Balaban J connectivity index is 1.87. The van der Waals surface area contributed by atoms with Crippen LogP contribution in [0.3, 0.4) is 0 Å². The summed E-state index contributed by atoms with van der Waals surface area (Å²) >= 11 is 0. The maximum atomic E-state index is 11.2. The molecule has 0 aromatic carbocycles. The van der Waals surface area contributed by atoms with Crippen LogP contribution in [0.1, 0.15) is 86.0 Å². The molecule has 0 aromatic rings. The summed E-state index contributed by atoms with van der Waals surface area (Å²) in [5.41, 5.74) is 1.74. The zero-order valence-corrected chi connectivity index (χ0v) is 14.8. The quantitative estimate of drug-likeness (QED) is 0.652. The maximum Gasteiger partial charge on any atom is 0.0653 e. The van der Waals surface area contributed by atoms with Gasteiger partial charge < -0.3 is 5.11 Å². The zero-order valence-electron chi connectivity index (χ0n) is 14.8. The van der Waals surface area contributed by atoms with Crippen molar-refractivity contribution in [3.63, 3.8) is 0 Å². The van der Waals surface area contributed by atoms with Crippen molar-refractivity contribution in [1.29, 1.82) is 0 Å². The van der Waals surface area contributed by atoms with Gasteiger partial charge in [0.1, 0.15) is 0 Å². The topological polar surface area (TPSA) is 20.2 Å². The molecule has 1 spiro atoms. The molecule has 0 amide bonds. The van der Waals surface area contributed by atoms with E-state index in [0.717, 1.165) is 5.92 Å². The molecule has 0 heterocycles. The van der Waals surface area contributed by atoms with Crippen LogP contribution < -0.4 is 0 Å². The summed E-state index contributed by atoms with van der Waals surface area (Å²) in [5.74, 6) is 0.861. The summed E-state index contributed by atoms with van der Waals surface area (Å²) in [6.07, 6.45) is 10.7. The molecule has 6 unspecified atom stereocenters. The highest BCUT2D eigenvalue weighted by Crippen LogP contribution is 2.82. The number of aliphatic hydroxyl groups is 1. The Labute approximate surface area is 130 Å². The van der Waals surface area contributed by atoms with Crippen LogP contribution in [0, 0.1) is 33.0 Å². The SMILES string of the molecule is CC1(C)CCCC2(C)C1CCC1(C)C(O)C3(C)CCC21C3. The average Bonchev–Trinajstić information content (AvgIpc) is 2.82. The van der Waals surface area contributed by atoms with Crippen molar-refractivity contribution in [2.24, 2.45) is 33.0 Å². The van der Waals surface area contributed by atoms with E-state index in [4.69, 9.17) is 0 Å². The van der Waals surface area contributed by atoms with E-state index >= 15 is 0 Å². The monoisotopic (exact) mass is 290 g/mol. The first kappa shape index (κ1) is 14.5. The number of fused-ring (bicyclic) bond motifs is 2. The van der Waals surface area contributed by atoms with Gasteiger partial charge in [-0.25, -0.2) is 0 Å². The van der Waals surface area contributed by atoms with E-state index in [9.17, 15) is 5.11 Å². The van der Waals surface area contributed by atoms with Gasteiger partial charge in [-0.3, -0.25) is 0 Å². The van der Waals surface area contributed by atoms with Gasteiger partial charge in [-0.05, 0) is 72.5 Å². The highest BCUT2D eigenvalue weighted by molar-refractivity contribution is 5.26. The van der Waals surface area contributed by atoms with Gasteiger partial charge in [0.25, 0.3) is 0 Å². The van der Waals surface area contributed by atoms with Crippen molar-refractivity contribution >= 4 is 0 Å². The van der Waals surface area contributed by atoms with Gasteiger partial charge in [-0.15, -0.1) is 0 Å². The first-order chi connectivity index (χ1) is 9.62. The van der Waals surface area contributed by atoms with Crippen molar-refractivity contribution < 1.29 is 5.11 Å². The fourth-order valence-corrected chi connectivity index (χ4v) is 8.48. The zero-order chi connectivity index (χ0) is 15.3. The molecule has 1 N–H and O–H groups in total. The van der Waals surface area contributed by atoms with E-state index in [0.29, 0.717) is 16.2 Å². The molecule has 4 rings (SSSR count). The molecule has 2 bridgehead atoms. The molecule has 4 fully saturated rings. The molecule has 21 heavy (non-hydrogen) atoms. The molecular weight excluding hydrogens is 256 g/mol. The van der Waals surface area contributed by atoms with E-state index in [1.165, 1.54) is 51.4 Å². The molecule has 0 aromatic heterocycles. The lowest BCUT2D eigenvalue weighted by molar-refractivity contribution is -0.211. The predicted octanol–water partition coefficient (Wildman–Crippen LogP) is 5.17. The molecule has 1 heteroatoms. The third-order valence-corrected chi connectivity index (χ3v) is 9.46. The number of rotatable bonds is 0. The minimum Gasteiger partial charge on any atom is -0.392 e. The van der Waals surface area contributed by atoms with Crippen LogP contribution in [0.4, 0.5) is 0 Å². The van der Waals surface area contributed by atoms with Crippen LogP contribution in [0.2, 0.25) is 0 Å². The van der Waals surface area contributed by atoms with Crippen LogP contribution in [0.5, 0.6) is 0 Å². The molecule has 1 nitrogen and oxygen atoms in total. The maximum absolute atomic E-state index is 11.2. The van der Waals surface area contributed by atoms with E-state index in [2.05, 4.69) is 34.6 Å². The fraction of sp³-hybridized carbons (Fsp3) is 1.00. The Morgan fingerprint density at radius 1 is 0.810 bits per heavy atom. The van der Waals surface area contributed by atoms with Gasteiger partial charge in [-0.2, -0.15) is 0 Å².